The fraction of sp³-hybridized carbons (Fsp3) is 0.417. The van der Waals surface area contributed by atoms with Crippen molar-refractivity contribution in [3.8, 4) is 5.75 Å². The number of anilines is 1. The van der Waals surface area contributed by atoms with Crippen LogP contribution in [0.1, 0.15) is 26.7 Å². The minimum Gasteiger partial charge on any atom is -0.494 e. The van der Waals surface area contributed by atoms with Gasteiger partial charge in [0.05, 0.1) is 16.8 Å². The quantitative estimate of drug-likeness (QED) is 0.185. The molecule has 0 aliphatic heterocycles. The van der Waals surface area contributed by atoms with Gasteiger partial charge in [-0.25, -0.2) is 9.37 Å². The normalized spacial score (nSPS) is 11.0. The number of hydrogen-bond donors (Lipinski definition) is 0. The van der Waals surface area contributed by atoms with E-state index in [-0.39, 0.29) is 24.1 Å². The van der Waals surface area contributed by atoms with Gasteiger partial charge in [-0.3, -0.25) is 9.69 Å². The Morgan fingerprint density at radius 2 is 1.85 bits per heavy atom. The molecule has 34 heavy (non-hydrogen) atoms. The zero-order valence-electron chi connectivity index (χ0n) is 19.6. The van der Waals surface area contributed by atoms with E-state index in [1.807, 2.05) is 0 Å². The molecule has 3 rings (SSSR count). The summed E-state index contributed by atoms with van der Waals surface area (Å²) in [7, 11) is 1.60. The summed E-state index contributed by atoms with van der Waals surface area (Å²) in [6.45, 7) is 7.41. The lowest BCUT2D eigenvalue weighted by atomic mass is 10.3. The van der Waals surface area contributed by atoms with E-state index in [1.165, 1.54) is 23.5 Å². The maximum atomic E-state index is 13.3. The average molecular weight is 547 g/mol. The second kappa shape index (κ2) is 14.1. The van der Waals surface area contributed by atoms with E-state index in [0.717, 1.165) is 41.4 Å². The number of aromatic nitrogens is 1. The first-order chi connectivity index (χ1) is 16.0. The number of halogens is 3. The van der Waals surface area contributed by atoms with Gasteiger partial charge in [-0.1, -0.05) is 36.8 Å². The van der Waals surface area contributed by atoms with Crippen LogP contribution < -0.4 is 9.64 Å². The fourth-order valence-corrected chi connectivity index (χ4v) is 5.56. The van der Waals surface area contributed by atoms with Crippen LogP contribution in [-0.2, 0) is 4.79 Å². The molecule has 0 atom stereocenters. The Morgan fingerprint density at radius 1 is 1.15 bits per heavy atom. The van der Waals surface area contributed by atoms with E-state index in [1.54, 1.807) is 48.0 Å². The number of benzene rings is 2. The molecule has 1 amide bonds. The van der Waals surface area contributed by atoms with Gasteiger partial charge < -0.3 is 9.64 Å². The van der Waals surface area contributed by atoms with Gasteiger partial charge in [0.1, 0.15) is 17.1 Å². The van der Waals surface area contributed by atoms with Gasteiger partial charge in [0.15, 0.2) is 5.13 Å². The van der Waals surface area contributed by atoms with Crippen LogP contribution in [0, 0.1) is 5.82 Å². The van der Waals surface area contributed by atoms with Crippen molar-refractivity contribution in [2.45, 2.75) is 31.6 Å². The standard InChI is InChI=1S/C24H29ClFN3O2S2.ClH/c1-4-28(5-2)14-15-29(21(30)7-6-16-32-18-10-8-17(26)9-11-18)24-27-22-20(31-3)13-12-19(25)23(22)33-24;/h8-13H,4-7,14-16H2,1-3H3;1H. The first kappa shape index (κ1) is 28.7. The zero-order chi connectivity index (χ0) is 23.8. The summed E-state index contributed by atoms with van der Waals surface area (Å²) in [6.07, 6.45) is 1.13. The predicted molar refractivity (Wildman–Crippen MR) is 145 cm³/mol. The topological polar surface area (TPSA) is 45.7 Å². The number of carbonyl (C=O) groups is 1. The lowest BCUT2D eigenvalue weighted by Gasteiger charge is -2.24. The molecule has 10 heteroatoms. The molecule has 0 spiro atoms. The van der Waals surface area contributed by atoms with Gasteiger partial charge in [0.25, 0.3) is 0 Å². The molecular weight excluding hydrogens is 516 g/mol. The number of amides is 1. The third kappa shape index (κ3) is 7.46. The summed E-state index contributed by atoms with van der Waals surface area (Å²) >= 11 is 9.44. The highest BCUT2D eigenvalue weighted by Gasteiger charge is 2.22. The summed E-state index contributed by atoms with van der Waals surface area (Å²) in [4.78, 5) is 23.0. The first-order valence-corrected chi connectivity index (χ1v) is 13.2. The summed E-state index contributed by atoms with van der Waals surface area (Å²) in [5.41, 5.74) is 0.678. The van der Waals surface area contributed by atoms with Crippen LogP contribution in [0.2, 0.25) is 5.02 Å². The first-order valence-electron chi connectivity index (χ1n) is 11.0. The summed E-state index contributed by atoms with van der Waals surface area (Å²) in [6, 6.07) is 10.0. The third-order valence-electron chi connectivity index (χ3n) is 5.35. The molecule has 0 bridgehead atoms. The minimum atomic E-state index is -0.244. The molecule has 1 heterocycles. The van der Waals surface area contributed by atoms with Crippen molar-refractivity contribution in [2.24, 2.45) is 0 Å². The monoisotopic (exact) mass is 545 g/mol. The molecule has 1 aromatic heterocycles. The van der Waals surface area contributed by atoms with Crippen LogP contribution in [0.25, 0.3) is 10.2 Å². The smallest absolute Gasteiger partial charge is 0.228 e. The van der Waals surface area contributed by atoms with Crippen molar-refractivity contribution < 1.29 is 13.9 Å². The Labute approximate surface area is 220 Å². The molecule has 3 aromatic rings. The molecule has 0 unspecified atom stereocenters. The molecule has 0 saturated carbocycles. The van der Waals surface area contributed by atoms with E-state index in [2.05, 4.69) is 18.7 Å². The van der Waals surface area contributed by atoms with Crippen molar-refractivity contribution in [2.75, 3.05) is 43.9 Å². The highest BCUT2D eigenvalue weighted by Crippen LogP contribution is 2.39. The Bertz CT molecular complexity index is 1060. The summed E-state index contributed by atoms with van der Waals surface area (Å²) < 4.78 is 19.3. The Balaban J connectivity index is 0.00000408. The second-order valence-corrected chi connectivity index (χ2v) is 9.96. The predicted octanol–water partition coefficient (Wildman–Crippen LogP) is 6.77. The SMILES string of the molecule is CCN(CC)CCN(C(=O)CCCSc1ccc(F)cc1)c1nc2c(OC)ccc(Cl)c2s1.Cl. The van der Waals surface area contributed by atoms with Crippen LogP contribution >= 0.6 is 47.1 Å². The second-order valence-electron chi connectivity index (χ2n) is 7.40. The maximum absolute atomic E-state index is 13.3. The Morgan fingerprint density at radius 3 is 2.50 bits per heavy atom. The van der Waals surface area contributed by atoms with Gasteiger partial charge in [-0.05, 0) is 61.7 Å². The Kier molecular flexibility index (Phi) is 11.9. The number of nitrogens with zero attached hydrogens (tertiary/aromatic N) is 3. The van der Waals surface area contributed by atoms with Gasteiger partial charge in [0.2, 0.25) is 5.91 Å². The molecule has 2 aromatic carbocycles. The van der Waals surface area contributed by atoms with Gasteiger partial charge in [-0.15, -0.1) is 24.2 Å². The molecule has 0 N–H and O–H groups in total. The van der Waals surface area contributed by atoms with Gasteiger partial charge in [-0.2, -0.15) is 0 Å². The van der Waals surface area contributed by atoms with E-state index in [9.17, 15) is 9.18 Å². The molecule has 186 valence electrons. The largest absolute Gasteiger partial charge is 0.494 e. The lowest BCUT2D eigenvalue weighted by Crippen LogP contribution is -2.38. The fourth-order valence-electron chi connectivity index (χ4n) is 3.41. The van der Waals surface area contributed by atoms with Crippen molar-refractivity contribution in [3.63, 3.8) is 0 Å². The van der Waals surface area contributed by atoms with E-state index < -0.39 is 0 Å². The highest BCUT2D eigenvalue weighted by molar-refractivity contribution is 7.99. The Hall–Kier alpha value is -1.58. The summed E-state index contributed by atoms with van der Waals surface area (Å²) in [5.74, 6) is 1.21. The molecule has 0 fully saturated rings. The number of fused-ring (bicyclic) bond motifs is 1. The van der Waals surface area contributed by atoms with Crippen LogP contribution in [0.15, 0.2) is 41.3 Å². The van der Waals surface area contributed by atoms with Crippen molar-refractivity contribution in [1.29, 1.82) is 0 Å². The van der Waals surface area contributed by atoms with Crippen LogP contribution in [0.5, 0.6) is 5.75 Å². The maximum Gasteiger partial charge on any atom is 0.228 e. The van der Waals surface area contributed by atoms with Crippen molar-refractivity contribution in [3.05, 3.63) is 47.2 Å². The molecule has 0 radical (unpaired) electrons. The molecular formula is C24H30Cl2FN3O2S2. The molecule has 0 saturated heterocycles. The number of methoxy groups -OCH3 is 1. The van der Waals surface area contributed by atoms with Crippen LogP contribution in [-0.4, -0.2) is 54.8 Å². The van der Waals surface area contributed by atoms with E-state index >= 15 is 0 Å². The highest BCUT2D eigenvalue weighted by atomic mass is 35.5. The number of carbonyl (C=O) groups excluding carboxylic acids is 1. The van der Waals surface area contributed by atoms with Gasteiger partial charge in [0, 0.05) is 24.4 Å². The lowest BCUT2D eigenvalue weighted by molar-refractivity contribution is -0.118. The van der Waals surface area contributed by atoms with Crippen LogP contribution in [0.3, 0.4) is 0 Å². The van der Waals surface area contributed by atoms with Crippen LogP contribution in [0.4, 0.5) is 9.52 Å². The van der Waals surface area contributed by atoms with E-state index in [0.29, 0.717) is 34.4 Å². The minimum absolute atomic E-state index is 0. The van der Waals surface area contributed by atoms with E-state index in [4.69, 9.17) is 21.3 Å². The van der Waals surface area contributed by atoms with Crippen molar-refractivity contribution >= 4 is 68.4 Å². The third-order valence-corrected chi connectivity index (χ3v) is 7.99. The average Bonchev–Trinajstić information content (AvgIpc) is 3.27. The number of thioether (sulfide) groups is 1. The molecule has 5 nitrogen and oxygen atoms in total. The number of rotatable bonds is 12. The molecule has 0 aliphatic rings. The molecule has 0 aliphatic carbocycles. The zero-order valence-corrected chi connectivity index (χ0v) is 22.8. The number of thiazole rings is 1. The van der Waals surface area contributed by atoms with Crippen molar-refractivity contribution in [1.82, 2.24) is 9.88 Å². The summed E-state index contributed by atoms with van der Waals surface area (Å²) in [5, 5.41) is 1.24. The number of ether oxygens (including phenoxy) is 1. The number of hydrogen-bond acceptors (Lipinski definition) is 6. The number of likely N-dealkylation sites (N-methyl/N-ethyl adjacent to an activating group) is 1. The van der Waals surface area contributed by atoms with Gasteiger partial charge >= 0.3 is 0 Å².